The second-order valence-corrected chi connectivity index (χ2v) is 8.59. The SMILES string of the molecule is NCCCC[C@H](NC(=O)[C@@H]1CCCN1C(=O)Cc1cccc2ccccc12)C(=O)NCC(N)=O. The minimum atomic E-state index is -0.825. The van der Waals surface area contributed by atoms with Gasteiger partial charge in [0.15, 0.2) is 0 Å². The summed E-state index contributed by atoms with van der Waals surface area (Å²) in [4.78, 5) is 51.5. The highest BCUT2D eigenvalue weighted by Gasteiger charge is 2.35. The molecule has 3 rings (SSSR count). The first-order valence-electron chi connectivity index (χ1n) is 11.7. The lowest BCUT2D eigenvalue weighted by atomic mass is 10.0. The Hall–Kier alpha value is -3.46. The summed E-state index contributed by atoms with van der Waals surface area (Å²) in [5.74, 6) is -1.63. The molecule has 0 bridgehead atoms. The fourth-order valence-electron chi connectivity index (χ4n) is 4.38. The van der Waals surface area contributed by atoms with Gasteiger partial charge < -0.3 is 27.0 Å². The Labute approximate surface area is 199 Å². The van der Waals surface area contributed by atoms with Crippen LogP contribution in [0.1, 0.15) is 37.7 Å². The molecule has 0 spiro atoms. The van der Waals surface area contributed by atoms with Crippen LogP contribution in [0.25, 0.3) is 10.8 Å². The molecule has 9 heteroatoms. The normalized spacial score (nSPS) is 16.3. The Morgan fingerprint density at radius 2 is 1.82 bits per heavy atom. The Morgan fingerprint density at radius 1 is 1.06 bits per heavy atom. The number of benzene rings is 2. The van der Waals surface area contributed by atoms with Crippen molar-refractivity contribution in [3.63, 3.8) is 0 Å². The van der Waals surface area contributed by atoms with Gasteiger partial charge in [0.2, 0.25) is 23.6 Å². The number of nitrogens with zero attached hydrogens (tertiary/aromatic N) is 1. The number of likely N-dealkylation sites (tertiary alicyclic amines) is 1. The predicted octanol–water partition coefficient (Wildman–Crippen LogP) is 0.589. The molecule has 0 aromatic heterocycles. The molecular weight excluding hydrogens is 434 g/mol. The average Bonchev–Trinajstić information content (AvgIpc) is 3.32. The molecule has 0 saturated carbocycles. The van der Waals surface area contributed by atoms with Gasteiger partial charge in [0.25, 0.3) is 0 Å². The van der Waals surface area contributed by atoms with Crippen LogP contribution in [0.3, 0.4) is 0 Å². The average molecular weight is 468 g/mol. The first kappa shape index (κ1) is 25.2. The Bertz CT molecular complexity index is 1040. The van der Waals surface area contributed by atoms with E-state index in [1.165, 1.54) is 0 Å². The van der Waals surface area contributed by atoms with Crippen LogP contribution in [0.15, 0.2) is 42.5 Å². The molecule has 0 aliphatic carbocycles. The molecule has 1 aliphatic heterocycles. The van der Waals surface area contributed by atoms with E-state index in [0.717, 1.165) is 16.3 Å². The Morgan fingerprint density at radius 3 is 2.59 bits per heavy atom. The summed E-state index contributed by atoms with van der Waals surface area (Å²) >= 11 is 0. The summed E-state index contributed by atoms with van der Waals surface area (Å²) < 4.78 is 0. The Kier molecular flexibility index (Phi) is 8.98. The number of fused-ring (bicyclic) bond motifs is 1. The van der Waals surface area contributed by atoms with Gasteiger partial charge in [-0.2, -0.15) is 0 Å². The number of carbonyl (C=O) groups excluding carboxylic acids is 4. The van der Waals surface area contributed by atoms with Gasteiger partial charge >= 0.3 is 0 Å². The molecule has 1 heterocycles. The number of carbonyl (C=O) groups is 4. The summed E-state index contributed by atoms with van der Waals surface area (Å²) in [6.45, 7) is 0.664. The van der Waals surface area contributed by atoms with Gasteiger partial charge in [0, 0.05) is 6.54 Å². The van der Waals surface area contributed by atoms with Crippen LogP contribution in [0.4, 0.5) is 0 Å². The molecule has 182 valence electrons. The first-order valence-corrected chi connectivity index (χ1v) is 11.7. The van der Waals surface area contributed by atoms with Crippen molar-refractivity contribution in [2.24, 2.45) is 11.5 Å². The minimum Gasteiger partial charge on any atom is -0.368 e. The van der Waals surface area contributed by atoms with Crippen molar-refractivity contribution in [3.05, 3.63) is 48.0 Å². The van der Waals surface area contributed by atoms with Crippen molar-refractivity contribution in [2.45, 2.75) is 50.6 Å². The topological polar surface area (TPSA) is 148 Å². The largest absolute Gasteiger partial charge is 0.368 e. The lowest BCUT2D eigenvalue weighted by Gasteiger charge is -2.26. The van der Waals surface area contributed by atoms with Gasteiger partial charge in [-0.1, -0.05) is 42.5 Å². The number of amides is 4. The second kappa shape index (κ2) is 12.1. The van der Waals surface area contributed by atoms with E-state index in [-0.39, 0.29) is 24.8 Å². The molecule has 1 fully saturated rings. The summed E-state index contributed by atoms with van der Waals surface area (Å²) in [6, 6.07) is 12.3. The van der Waals surface area contributed by atoms with Gasteiger partial charge in [0.1, 0.15) is 12.1 Å². The zero-order chi connectivity index (χ0) is 24.5. The molecule has 34 heavy (non-hydrogen) atoms. The molecule has 1 saturated heterocycles. The third kappa shape index (κ3) is 6.54. The number of hydrogen-bond acceptors (Lipinski definition) is 5. The summed E-state index contributed by atoms with van der Waals surface area (Å²) in [5.41, 5.74) is 11.6. The van der Waals surface area contributed by atoms with E-state index in [2.05, 4.69) is 10.6 Å². The van der Waals surface area contributed by atoms with Crippen LogP contribution in [0, 0.1) is 0 Å². The van der Waals surface area contributed by atoms with Gasteiger partial charge in [-0.05, 0) is 55.0 Å². The van der Waals surface area contributed by atoms with E-state index >= 15 is 0 Å². The van der Waals surface area contributed by atoms with Crippen LogP contribution >= 0.6 is 0 Å². The number of nitrogens with one attached hydrogen (secondary N) is 2. The highest BCUT2D eigenvalue weighted by atomic mass is 16.2. The van der Waals surface area contributed by atoms with Crippen LogP contribution in [-0.4, -0.2) is 60.2 Å². The number of primary amides is 1. The molecule has 9 nitrogen and oxygen atoms in total. The van der Waals surface area contributed by atoms with Crippen molar-refractivity contribution >= 4 is 34.4 Å². The van der Waals surface area contributed by atoms with E-state index in [4.69, 9.17) is 11.5 Å². The van der Waals surface area contributed by atoms with Crippen LogP contribution in [0.2, 0.25) is 0 Å². The maximum absolute atomic E-state index is 13.2. The van der Waals surface area contributed by atoms with Gasteiger partial charge in [-0.15, -0.1) is 0 Å². The van der Waals surface area contributed by atoms with Crippen molar-refractivity contribution in [2.75, 3.05) is 19.6 Å². The first-order chi connectivity index (χ1) is 16.4. The summed E-state index contributed by atoms with van der Waals surface area (Å²) in [6.07, 6.45) is 3.17. The minimum absolute atomic E-state index is 0.119. The molecule has 2 aromatic rings. The van der Waals surface area contributed by atoms with Gasteiger partial charge in [0.05, 0.1) is 13.0 Å². The molecule has 2 aromatic carbocycles. The highest BCUT2D eigenvalue weighted by molar-refractivity contribution is 5.95. The fraction of sp³-hybridized carbons (Fsp3) is 0.440. The smallest absolute Gasteiger partial charge is 0.243 e. The molecule has 0 unspecified atom stereocenters. The van der Waals surface area contributed by atoms with E-state index in [1.807, 2.05) is 42.5 Å². The van der Waals surface area contributed by atoms with Crippen molar-refractivity contribution < 1.29 is 19.2 Å². The van der Waals surface area contributed by atoms with Gasteiger partial charge in [-0.25, -0.2) is 0 Å². The van der Waals surface area contributed by atoms with Crippen molar-refractivity contribution in [3.8, 4) is 0 Å². The van der Waals surface area contributed by atoms with E-state index in [0.29, 0.717) is 45.2 Å². The molecule has 6 N–H and O–H groups in total. The van der Waals surface area contributed by atoms with E-state index in [1.54, 1.807) is 4.90 Å². The third-order valence-corrected chi connectivity index (χ3v) is 6.11. The number of unbranched alkanes of at least 4 members (excludes halogenated alkanes) is 1. The number of rotatable bonds is 11. The predicted molar refractivity (Wildman–Crippen MR) is 129 cm³/mol. The number of nitrogens with two attached hydrogens (primary N) is 2. The Balaban J connectivity index is 1.67. The zero-order valence-corrected chi connectivity index (χ0v) is 19.3. The number of hydrogen-bond donors (Lipinski definition) is 4. The standard InChI is InChI=1S/C25H33N5O4/c26-13-4-3-11-20(24(33)28-16-22(27)31)29-25(34)21-12-6-14-30(21)23(32)15-18-9-5-8-17-7-1-2-10-19(17)18/h1-2,5,7-10,20-21H,3-4,6,11-16,26H2,(H2,27,31)(H,28,33)(H,29,34)/t20-,21-/m0/s1. The summed E-state index contributed by atoms with van der Waals surface area (Å²) in [7, 11) is 0. The molecule has 1 aliphatic rings. The molecular formula is C25H33N5O4. The van der Waals surface area contributed by atoms with Crippen LogP contribution in [-0.2, 0) is 25.6 Å². The summed E-state index contributed by atoms with van der Waals surface area (Å²) in [5, 5.41) is 7.31. The molecule has 4 amide bonds. The van der Waals surface area contributed by atoms with Crippen molar-refractivity contribution in [1.82, 2.24) is 15.5 Å². The quantitative estimate of drug-likeness (QED) is 0.357. The van der Waals surface area contributed by atoms with Gasteiger partial charge in [-0.3, -0.25) is 19.2 Å². The monoisotopic (exact) mass is 467 g/mol. The van der Waals surface area contributed by atoms with Crippen LogP contribution in [0.5, 0.6) is 0 Å². The van der Waals surface area contributed by atoms with E-state index in [9.17, 15) is 19.2 Å². The lowest BCUT2D eigenvalue weighted by Crippen LogP contribution is -2.54. The second-order valence-electron chi connectivity index (χ2n) is 8.59. The highest BCUT2D eigenvalue weighted by Crippen LogP contribution is 2.23. The van der Waals surface area contributed by atoms with Crippen molar-refractivity contribution in [1.29, 1.82) is 0 Å². The zero-order valence-electron chi connectivity index (χ0n) is 19.3. The fourth-order valence-corrected chi connectivity index (χ4v) is 4.38. The maximum Gasteiger partial charge on any atom is 0.243 e. The third-order valence-electron chi connectivity index (χ3n) is 6.11. The lowest BCUT2D eigenvalue weighted by molar-refractivity contribution is -0.139. The van der Waals surface area contributed by atoms with Crippen LogP contribution < -0.4 is 22.1 Å². The molecule has 2 atom stereocenters. The van der Waals surface area contributed by atoms with E-state index < -0.39 is 23.9 Å². The maximum atomic E-state index is 13.2. The molecule has 0 radical (unpaired) electrons.